The van der Waals surface area contributed by atoms with Crippen LogP contribution in [-0.2, 0) is 6.67 Å². The minimum Gasteiger partial charge on any atom is -0.461 e. The van der Waals surface area contributed by atoms with E-state index >= 15 is 0 Å². The molecule has 0 bridgehead atoms. The molecule has 3 aromatic rings. The molecule has 1 N–H and O–H groups in total. The van der Waals surface area contributed by atoms with E-state index in [0.717, 1.165) is 25.1 Å². The van der Waals surface area contributed by atoms with Gasteiger partial charge in [0.15, 0.2) is 5.76 Å². The van der Waals surface area contributed by atoms with Gasteiger partial charge in [0.2, 0.25) is 10.6 Å². The number of piperidine rings is 1. The van der Waals surface area contributed by atoms with E-state index in [4.69, 9.17) is 21.7 Å². The fourth-order valence-corrected chi connectivity index (χ4v) is 3.51. The second-order valence-corrected chi connectivity index (χ2v) is 6.63. The van der Waals surface area contributed by atoms with Crippen molar-refractivity contribution in [3.63, 3.8) is 0 Å². The Morgan fingerprint density at radius 3 is 2.76 bits per heavy atom. The van der Waals surface area contributed by atoms with Gasteiger partial charge in [-0.15, -0.1) is 5.10 Å². The molecule has 0 radical (unpaired) electrons. The van der Waals surface area contributed by atoms with Crippen LogP contribution in [0.5, 0.6) is 0 Å². The van der Waals surface area contributed by atoms with Gasteiger partial charge < -0.3 is 9.52 Å². The molecule has 7 heteroatoms. The molecule has 1 aliphatic rings. The first-order valence-corrected chi connectivity index (χ1v) is 8.83. The lowest BCUT2D eigenvalue weighted by Crippen LogP contribution is -2.39. The maximum Gasteiger partial charge on any atom is 0.204 e. The van der Waals surface area contributed by atoms with E-state index in [9.17, 15) is 5.11 Å². The summed E-state index contributed by atoms with van der Waals surface area (Å²) in [6, 6.07) is 13.6. The summed E-state index contributed by atoms with van der Waals surface area (Å²) in [5.74, 6) is 1.35. The van der Waals surface area contributed by atoms with E-state index in [0.29, 0.717) is 29.6 Å². The molecule has 4 rings (SSSR count). The summed E-state index contributed by atoms with van der Waals surface area (Å²) in [5, 5.41) is 14.6. The topological polar surface area (TPSA) is 59.4 Å². The third-order valence-corrected chi connectivity index (χ3v) is 4.80. The normalized spacial score (nSPS) is 18.5. The van der Waals surface area contributed by atoms with Gasteiger partial charge in [-0.1, -0.05) is 18.2 Å². The third-order valence-electron chi connectivity index (χ3n) is 4.41. The molecule has 1 saturated heterocycles. The van der Waals surface area contributed by atoms with E-state index in [2.05, 4.69) is 4.90 Å². The fraction of sp³-hybridized carbons (Fsp3) is 0.333. The van der Waals surface area contributed by atoms with Crippen LogP contribution in [0.1, 0.15) is 12.8 Å². The Kier molecular flexibility index (Phi) is 4.52. The smallest absolute Gasteiger partial charge is 0.204 e. The molecule has 3 heterocycles. The van der Waals surface area contributed by atoms with Crippen LogP contribution in [0.3, 0.4) is 0 Å². The highest BCUT2D eigenvalue weighted by atomic mass is 32.1. The molecule has 1 aromatic carbocycles. The number of nitrogens with zero attached hydrogens (tertiary/aromatic N) is 4. The number of para-hydroxylation sites is 1. The van der Waals surface area contributed by atoms with Crippen LogP contribution in [0.15, 0.2) is 53.1 Å². The monoisotopic (exact) mass is 356 g/mol. The average Bonchev–Trinajstić information content (AvgIpc) is 3.25. The number of rotatable bonds is 4. The highest BCUT2D eigenvalue weighted by Crippen LogP contribution is 2.23. The molecule has 1 fully saturated rings. The molecule has 0 saturated carbocycles. The molecule has 0 spiro atoms. The summed E-state index contributed by atoms with van der Waals surface area (Å²) in [7, 11) is 0. The number of hydrogen-bond donors (Lipinski definition) is 1. The number of likely N-dealkylation sites (tertiary alicyclic amines) is 1. The van der Waals surface area contributed by atoms with E-state index in [1.807, 2.05) is 47.0 Å². The first-order valence-electron chi connectivity index (χ1n) is 8.42. The number of furan rings is 1. The molecule has 1 atom stereocenters. The van der Waals surface area contributed by atoms with Crippen molar-refractivity contribution in [2.75, 3.05) is 13.1 Å². The second-order valence-electron chi connectivity index (χ2n) is 6.27. The van der Waals surface area contributed by atoms with Crippen LogP contribution in [0, 0.1) is 4.77 Å². The van der Waals surface area contributed by atoms with Gasteiger partial charge in [-0.3, -0.25) is 9.47 Å². The van der Waals surface area contributed by atoms with Gasteiger partial charge in [0.05, 0.1) is 24.7 Å². The molecule has 0 amide bonds. The van der Waals surface area contributed by atoms with Crippen LogP contribution >= 0.6 is 12.2 Å². The Labute approximate surface area is 150 Å². The van der Waals surface area contributed by atoms with Gasteiger partial charge >= 0.3 is 0 Å². The summed E-state index contributed by atoms with van der Waals surface area (Å²) in [6.45, 7) is 2.15. The van der Waals surface area contributed by atoms with Crippen molar-refractivity contribution in [3.8, 4) is 17.3 Å². The largest absolute Gasteiger partial charge is 0.461 e. The summed E-state index contributed by atoms with van der Waals surface area (Å²) in [5.41, 5.74) is 0.948. The van der Waals surface area contributed by atoms with Crippen LogP contribution in [0.25, 0.3) is 17.3 Å². The zero-order valence-electron chi connectivity index (χ0n) is 13.8. The molecular weight excluding hydrogens is 336 g/mol. The number of aromatic nitrogens is 3. The Morgan fingerprint density at radius 2 is 2.04 bits per heavy atom. The average molecular weight is 356 g/mol. The summed E-state index contributed by atoms with van der Waals surface area (Å²) >= 11 is 5.70. The summed E-state index contributed by atoms with van der Waals surface area (Å²) in [4.78, 5) is 2.18. The van der Waals surface area contributed by atoms with Gasteiger partial charge in [-0.05, 0) is 49.3 Å². The van der Waals surface area contributed by atoms with Gasteiger partial charge in [-0.2, -0.15) is 0 Å². The molecule has 1 aliphatic heterocycles. The Balaban J connectivity index is 1.75. The van der Waals surface area contributed by atoms with Crippen molar-refractivity contribution < 1.29 is 9.52 Å². The summed E-state index contributed by atoms with van der Waals surface area (Å²) in [6.07, 6.45) is 3.20. The zero-order chi connectivity index (χ0) is 17.2. The number of hydrogen-bond acceptors (Lipinski definition) is 5. The Morgan fingerprint density at radius 1 is 1.20 bits per heavy atom. The van der Waals surface area contributed by atoms with E-state index in [1.165, 1.54) is 0 Å². The number of aliphatic hydroxyl groups is 1. The van der Waals surface area contributed by atoms with Crippen LogP contribution in [-0.4, -0.2) is 43.5 Å². The van der Waals surface area contributed by atoms with Crippen molar-refractivity contribution in [1.29, 1.82) is 0 Å². The molecule has 6 nitrogen and oxygen atoms in total. The van der Waals surface area contributed by atoms with Gasteiger partial charge in [0.25, 0.3) is 0 Å². The molecule has 25 heavy (non-hydrogen) atoms. The minimum atomic E-state index is -0.274. The van der Waals surface area contributed by atoms with E-state index in [1.54, 1.807) is 10.9 Å². The predicted molar refractivity (Wildman–Crippen MR) is 96.9 cm³/mol. The fourth-order valence-electron chi connectivity index (χ4n) is 3.22. The first-order chi connectivity index (χ1) is 12.2. The van der Waals surface area contributed by atoms with Crippen molar-refractivity contribution >= 4 is 12.2 Å². The minimum absolute atomic E-state index is 0.274. The van der Waals surface area contributed by atoms with Crippen molar-refractivity contribution in [2.45, 2.75) is 25.6 Å². The van der Waals surface area contributed by atoms with Crippen molar-refractivity contribution in [2.24, 2.45) is 0 Å². The van der Waals surface area contributed by atoms with Crippen molar-refractivity contribution in [3.05, 3.63) is 53.5 Å². The highest BCUT2D eigenvalue weighted by Gasteiger charge is 2.21. The van der Waals surface area contributed by atoms with Gasteiger partial charge in [0.1, 0.15) is 0 Å². The predicted octanol–water partition coefficient (Wildman–Crippen LogP) is 3.08. The lowest BCUT2D eigenvalue weighted by atomic mass is 10.1. The molecule has 0 aliphatic carbocycles. The number of aliphatic hydroxyl groups excluding tert-OH is 1. The third kappa shape index (κ3) is 3.30. The van der Waals surface area contributed by atoms with Crippen LogP contribution in [0.4, 0.5) is 0 Å². The highest BCUT2D eigenvalue weighted by molar-refractivity contribution is 7.71. The summed E-state index contributed by atoms with van der Waals surface area (Å²) < 4.78 is 9.90. The zero-order valence-corrected chi connectivity index (χ0v) is 14.6. The Hall–Kier alpha value is -2.22. The molecule has 130 valence electrons. The Bertz CT molecular complexity index is 886. The quantitative estimate of drug-likeness (QED) is 0.728. The maximum absolute atomic E-state index is 9.90. The second kappa shape index (κ2) is 6.95. The van der Waals surface area contributed by atoms with Gasteiger partial charge in [0, 0.05) is 13.1 Å². The molecule has 0 unspecified atom stereocenters. The van der Waals surface area contributed by atoms with Crippen molar-refractivity contribution in [1.82, 2.24) is 19.2 Å². The molecule has 2 aromatic heterocycles. The molecular formula is C18H20N4O2S. The lowest BCUT2D eigenvalue weighted by molar-refractivity contribution is 0.0513. The maximum atomic E-state index is 9.90. The van der Waals surface area contributed by atoms with Gasteiger partial charge in [-0.25, -0.2) is 4.68 Å². The lowest BCUT2D eigenvalue weighted by Gasteiger charge is -2.29. The van der Waals surface area contributed by atoms with Crippen LogP contribution in [0.2, 0.25) is 0 Å². The SMILES string of the molecule is O[C@@H]1CCCN(Cn2nc(-c3ccco3)n(-c3ccccc3)c2=S)C1. The first kappa shape index (κ1) is 16.3. The van der Waals surface area contributed by atoms with Crippen LogP contribution < -0.4 is 0 Å². The number of benzene rings is 1. The number of β-amino-alcohol motifs (C(OH)–C–C–N with tert-alkyl or cyclic N) is 1. The standard InChI is InChI=1S/C18H20N4O2S/c23-15-8-4-10-20(12-15)13-21-18(25)22(14-6-2-1-3-7-14)17(19-21)16-9-5-11-24-16/h1-3,5-7,9,11,15,23H,4,8,10,12-13H2/t15-/m1/s1. The van der Waals surface area contributed by atoms with E-state index in [-0.39, 0.29) is 6.10 Å². The van der Waals surface area contributed by atoms with E-state index < -0.39 is 0 Å².